The van der Waals surface area contributed by atoms with Crippen LogP contribution < -0.4 is 15.3 Å². The number of H-pyrrole nitrogens is 1. The minimum Gasteiger partial charge on any atom is -0.482 e. The molecule has 2 heterocycles. The van der Waals surface area contributed by atoms with Crippen LogP contribution in [-0.4, -0.2) is 37.3 Å². The van der Waals surface area contributed by atoms with Crippen molar-refractivity contribution < 1.29 is 13.9 Å². The van der Waals surface area contributed by atoms with Crippen LogP contribution in [0.15, 0.2) is 59.7 Å². The van der Waals surface area contributed by atoms with E-state index in [1.54, 1.807) is 21.0 Å². The second kappa shape index (κ2) is 10.2. The van der Waals surface area contributed by atoms with E-state index in [4.69, 9.17) is 4.74 Å². The Morgan fingerprint density at radius 3 is 2.49 bits per heavy atom. The van der Waals surface area contributed by atoms with Crippen LogP contribution in [0.25, 0.3) is 22.2 Å². The lowest BCUT2D eigenvalue weighted by molar-refractivity contribution is -0.118. The molecule has 0 spiro atoms. The van der Waals surface area contributed by atoms with Gasteiger partial charge in [-0.1, -0.05) is 17.7 Å². The highest BCUT2D eigenvalue weighted by Crippen LogP contribution is 2.34. The molecule has 5 aromatic rings. The number of anilines is 1. The van der Waals surface area contributed by atoms with Gasteiger partial charge in [0.1, 0.15) is 19.5 Å². The Bertz CT molecular complexity index is 1710. The lowest BCUT2D eigenvalue weighted by Crippen LogP contribution is -2.34. The van der Waals surface area contributed by atoms with Gasteiger partial charge in [-0.15, -0.1) is 10.2 Å². The monoisotopic (exact) mass is 528 g/mol. The maximum absolute atomic E-state index is 15.3. The molecule has 0 aliphatic carbocycles. The van der Waals surface area contributed by atoms with Crippen molar-refractivity contribution in [3.8, 4) is 16.9 Å². The number of ether oxygens (including phenoxy) is 1. The van der Waals surface area contributed by atoms with E-state index < -0.39 is 5.82 Å². The van der Waals surface area contributed by atoms with E-state index >= 15 is 4.39 Å². The normalized spacial score (nSPS) is 11.2. The smallest absolute Gasteiger partial charge is 0.329 e. The fourth-order valence-electron chi connectivity index (χ4n) is 4.74. The molecule has 0 fully saturated rings. The highest BCUT2D eigenvalue weighted by Gasteiger charge is 2.21. The second-order valence-corrected chi connectivity index (χ2v) is 9.72. The number of fused-ring (bicyclic) bond motifs is 1. The SMILES string of the molecule is Cc1ccc(N(C)C(=O)Cn2c(=O)n(C)c3c(-c4cc(C)c(OCc5nnc[nH]5)c(F)c4)cc(C)cc32)cc1. The Morgan fingerprint density at radius 1 is 1.08 bits per heavy atom. The third kappa shape index (κ3) is 4.93. The molecular weight excluding hydrogens is 499 g/mol. The highest BCUT2D eigenvalue weighted by atomic mass is 19.1. The summed E-state index contributed by atoms with van der Waals surface area (Å²) in [5.41, 5.74) is 5.48. The molecule has 200 valence electrons. The van der Waals surface area contributed by atoms with Gasteiger partial charge in [0.15, 0.2) is 17.4 Å². The van der Waals surface area contributed by atoms with Crippen molar-refractivity contribution in [2.75, 3.05) is 11.9 Å². The number of likely N-dealkylation sites (N-methyl/N-ethyl adjacent to an activating group) is 1. The van der Waals surface area contributed by atoms with Gasteiger partial charge in [0.05, 0.1) is 11.0 Å². The lowest BCUT2D eigenvalue weighted by atomic mass is 9.99. The van der Waals surface area contributed by atoms with E-state index in [-0.39, 0.29) is 30.5 Å². The maximum Gasteiger partial charge on any atom is 0.329 e. The number of amides is 1. The van der Waals surface area contributed by atoms with Crippen molar-refractivity contribution in [1.82, 2.24) is 24.3 Å². The average molecular weight is 529 g/mol. The summed E-state index contributed by atoms with van der Waals surface area (Å²) in [7, 11) is 3.35. The van der Waals surface area contributed by atoms with Gasteiger partial charge in [0, 0.05) is 25.3 Å². The van der Waals surface area contributed by atoms with Gasteiger partial charge in [-0.25, -0.2) is 9.18 Å². The van der Waals surface area contributed by atoms with Crippen LogP contribution in [0.1, 0.15) is 22.5 Å². The minimum atomic E-state index is -0.529. The number of imidazole rings is 1. The minimum absolute atomic E-state index is 0.0498. The van der Waals surface area contributed by atoms with Gasteiger partial charge in [0.2, 0.25) is 5.91 Å². The fourth-order valence-corrected chi connectivity index (χ4v) is 4.74. The van der Waals surface area contributed by atoms with Crippen LogP contribution in [0, 0.1) is 26.6 Å². The number of carbonyl (C=O) groups is 1. The summed E-state index contributed by atoms with van der Waals surface area (Å²) >= 11 is 0. The summed E-state index contributed by atoms with van der Waals surface area (Å²) in [6.07, 6.45) is 1.43. The first kappa shape index (κ1) is 25.9. The number of hydrogen-bond donors (Lipinski definition) is 1. The lowest BCUT2D eigenvalue weighted by Gasteiger charge is -2.18. The van der Waals surface area contributed by atoms with Crippen LogP contribution in [0.2, 0.25) is 0 Å². The molecule has 0 aliphatic heterocycles. The van der Waals surface area contributed by atoms with Crippen LogP contribution in [0.3, 0.4) is 0 Å². The Morgan fingerprint density at radius 2 is 1.82 bits per heavy atom. The number of benzene rings is 3. The van der Waals surface area contributed by atoms with E-state index in [1.165, 1.54) is 26.4 Å². The predicted octanol–water partition coefficient (Wildman–Crippen LogP) is 4.43. The molecule has 10 heteroatoms. The number of aryl methyl sites for hydroxylation is 4. The molecule has 0 unspecified atom stereocenters. The van der Waals surface area contributed by atoms with Crippen LogP contribution in [0.5, 0.6) is 5.75 Å². The third-order valence-corrected chi connectivity index (χ3v) is 6.83. The molecular formula is C29H29FN6O3. The van der Waals surface area contributed by atoms with Crippen molar-refractivity contribution in [1.29, 1.82) is 0 Å². The zero-order chi connectivity index (χ0) is 27.8. The molecule has 0 aliphatic rings. The number of carbonyl (C=O) groups excluding carboxylic acids is 1. The van der Waals surface area contributed by atoms with Gasteiger partial charge in [-0.2, -0.15) is 0 Å². The van der Waals surface area contributed by atoms with Crippen molar-refractivity contribution in [3.05, 3.63) is 93.7 Å². The van der Waals surface area contributed by atoms with Gasteiger partial charge >= 0.3 is 5.69 Å². The maximum atomic E-state index is 15.3. The molecule has 0 radical (unpaired) electrons. The number of halogens is 1. The summed E-state index contributed by atoms with van der Waals surface area (Å²) in [6.45, 7) is 5.56. The first-order valence-corrected chi connectivity index (χ1v) is 12.5. The molecule has 0 saturated heterocycles. The Labute approximate surface area is 224 Å². The van der Waals surface area contributed by atoms with E-state index in [0.29, 0.717) is 33.5 Å². The first-order valence-electron chi connectivity index (χ1n) is 12.5. The van der Waals surface area contributed by atoms with Crippen molar-refractivity contribution in [3.63, 3.8) is 0 Å². The largest absolute Gasteiger partial charge is 0.482 e. The van der Waals surface area contributed by atoms with Gasteiger partial charge < -0.3 is 14.6 Å². The number of nitrogens with one attached hydrogen (secondary N) is 1. The molecule has 3 aromatic carbocycles. The molecule has 0 saturated carbocycles. The van der Waals surface area contributed by atoms with Crippen molar-refractivity contribution >= 4 is 22.6 Å². The van der Waals surface area contributed by atoms with Gasteiger partial charge in [-0.05, 0) is 73.9 Å². The first-order chi connectivity index (χ1) is 18.6. The van der Waals surface area contributed by atoms with Gasteiger partial charge in [0.25, 0.3) is 0 Å². The van der Waals surface area contributed by atoms with E-state index in [9.17, 15) is 9.59 Å². The summed E-state index contributed by atoms with van der Waals surface area (Å²) < 4.78 is 23.9. The second-order valence-electron chi connectivity index (χ2n) is 9.72. The van der Waals surface area contributed by atoms with Crippen molar-refractivity contribution in [2.24, 2.45) is 7.05 Å². The van der Waals surface area contributed by atoms with Crippen LogP contribution in [-0.2, 0) is 25.0 Å². The van der Waals surface area contributed by atoms with E-state index in [0.717, 1.165) is 16.8 Å². The van der Waals surface area contributed by atoms with E-state index in [1.807, 2.05) is 56.3 Å². The molecule has 9 nitrogen and oxygen atoms in total. The van der Waals surface area contributed by atoms with Crippen LogP contribution in [0.4, 0.5) is 10.1 Å². The summed E-state index contributed by atoms with van der Waals surface area (Å²) in [5.74, 6) is -0.155. The zero-order valence-corrected chi connectivity index (χ0v) is 22.4. The number of aromatic amines is 1. The third-order valence-electron chi connectivity index (χ3n) is 6.83. The van der Waals surface area contributed by atoms with Crippen molar-refractivity contribution in [2.45, 2.75) is 33.9 Å². The van der Waals surface area contributed by atoms with Gasteiger partial charge in [-0.3, -0.25) is 13.9 Å². The summed E-state index contributed by atoms with van der Waals surface area (Å²) in [6, 6.07) is 14.6. The Hall–Kier alpha value is -4.73. The van der Waals surface area contributed by atoms with Crippen LogP contribution >= 0.6 is 0 Å². The number of hydrogen-bond acceptors (Lipinski definition) is 5. The Kier molecular flexibility index (Phi) is 6.78. The van der Waals surface area contributed by atoms with E-state index in [2.05, 4.69) is 15.2 Å². The molecule has 1 N–H and O–H groups in total. The summed E-state index contributed by atoms with van der Waals surface area (Å²) in [5, 5.41) is 7.56. The molecule has 2 aromatic heterocycles. The fraction of sp³-hybridized carbons (Fsp3) is 0.241. The molecule has 0 bridgehead atoms. The average Bonchev–Trinajstić information content (AvgIpc) is 3.50. The number of aromatic nitrogens is 5. The Balaban J connectivity index is 1.52. The highest BCUT2D eigenvalue weighted by molar-refractivity contribution is 5.96. The number of rotatable bonds is 7. The zero-order valence-electron chi connectivity index (χ0n) is 22.4. The quantitative estimate of drug-likeness (QED) is 0.337. The molecule has 5 rings (SSSR count). The molecule has 1 amide bonds. The molecule has 39 heavy (non-hydrogen) atoms. The standard InChI is InChI=1S/C29H29FN6O3/c1-17-6-8-21(9-7-17)34(4)26(37)14-36-24-11-18(2)10-22(27(24)35(5)29(36)38)20-12-19(3)28(23(30)13-20)39-15-25-31-16-32-33-25/h6-13,16H,14-15H2,1-5H3,(H,31,32,33). The summed E-state index contributed by atoms with van der Waals surface area (Å²) in [4.78, 5) is 30.9. The number of nitrogens with zero attached hydrogens (tertiary/aromatic N) is 5. The molecule has 0 atom stereocenters. The topological polar surface area (TPSA) is 98.0 Å². The predicted molar refractivity (Wildman–Crippen MR) is 147 cm³/mol.